The fourth-order valence-corrected chi connectivity index (χ4v) is 3.28. The van der Waals surface area contributed by atoms with E-state index in [-0.39, 0.29) is 18.1 Å². The minimum atomic E-state index is -0.544. The maximum Gasteiger partial charge on any atom is 0.291 e. The number of rotatable bonds is 6. The van der Waals surface area contributed by atoms with Gasteiger partial charge in [-0.25, -0.2) is 14.1 Å². The number of anilines is 1. The zero-order valence-corrected chi connectivity index (χ0v) is 16.7. The molecule has 0 unspecified atom stereocenters. The smallest absolute Gasteiger partial charge is 0.291 e. The first kappa shape index (κ1) is 19.5. The summed E-state index contributed by atoms with van der Waals surface area (Å²) in [5, 5.41) is 8.72. The van der Waals surface area contributed by atoms with Crippen molar-refractivity contribution in [2.75, 3.05) is 5.32 Å². The maximum absolute atomic E-state index is 14.3. The van der Waals surface area contributed by atoms with Crippen molar-refractivity contribution >= 4 is 22.4 Å². The van der Waals surface area contributed by atoms with E-state index in [4.69, 9.17) is 9.15 Å². The third-order valence-electron chi connectivity index (χ3n) is 4.86. The molecule has 5 aromatic rings. The van der Waals surface area contributed by atoms with Crippen molar-refractivity contribution in [2.24, 2.45) is 0 Å². The molecule has 0 saturated carbocycles. The van der Waals surface area contributed by atoms with Crippen LogP contribution in [0.15, 0.2) is 89.9 Å². The molecule has 0 spiro atoms. The van der Waals surface area contributed by atoms with Gasteiger partial charge in [0.2, 0.25) is 0 Å². The fraction of sp³-hybridized carbons (Fsp3) is 0.0417. The number of fused-ring (bicyclic) bond motifs is 1. The van der Waals surface area contributed by atoms with Crippen LogP contribution in [0.5, 0.6) is 5.75 Å². The third-order valence-corrected chi connectivity index (χ3v) is 4.86. The van der Waals surface area contributed by atoms with E-state index in [1.807, 2.05) is 42.5 Å². The maximum atomic E-state index is 14.3. The SMILES string of the molecule is O=C(Nc1ccc(-n2cncn2)c(F)c1)c1ccc(COc2ccc3ccccc3c2)o1. The quantitative estimate of drug-likeness (QED) is 0.412. The summed E-state index contributed by atoms with van der Waals surface area (Å²) in [6.07, 6.45) is 2.70. The summed E-state index contributed by atoms with van der Waals surface area (Å²) in [5.74, 6) is 0.264. The molecule has 3 aromatic carbocycles. The lowest BCUT2D eigenvalue weighted by molar-refractivity contribution is 0.0992. The van der Waals surface area contributed by atoms with Crippen LogP contribution in [0.4, 0.5) is 10.1 Å². The largest absolute Gasteiger partial charge is 0.486 e. The second-order valence-electron chi connectivity index (χ2n) is 7.02. The van der Waals surface area contributed by atoms with E-state index in [1.54, 1.807) is 18.2 Å². The predicted molar refractivity (Wildman–Crippen MR) is 116 cm³/mol. The van der Waals surface area contributed by atoms with Crippen molar-refractivity contribution in [3.05, 3.63) is 103 Å². The Kier molecular flexibility index (Phi) is 5.09. The van der Waals surface area contributed by atoms with E-state index in [0.717, 1.165) is 10.8 Å². The number of hydrogen-bond acceptors (Lipinski definition) is 5. The summed E-state index contributed by atoms with van der Waals surface area (Å²) < 4.78 is 27.0. The highest BCUT2D eigenvalue weighted by atomic mass is 19.1. The topological polar surface area (TPSA) is 82.2 Å². The molecular formula is C24H17FN4O3. The Bertz CT molecular complexity index is 1400. The summed E-state index contributed by atoms with van der Waals surface area (Å²) in [7, 11) is 0. The van der Waals surface area contributed by atoms with Gasteiger partial charge in [-0.1, -0.05) is 30.3 Å². The molecule has 0 bridgehead atoms. The molecule has 5 rings (SSSR count). The molecule has 0 radical (unpaired) electrons. The average Bonchev–Trinajstić information content (AvgIpc) is 3.50. The lowest BCUT2D eigenvalue weighted by atomic mass is 10.1. The third kappa shape index (κ3) is 4.06. The minimum absolute atomic E-state index is 0.0999. The Hall–Kier alpha value is -4.46. The van der Waals surface area contributed by atoms with Crippen LogP contribution in [0, 0.1) is 5.82 Å². The molecule has 2 aromatic heterocycles. The molecular weight excluding hydrogens is 411 g/mol. The normalized spacial score (nSPS) is 10.9. The van der Waals surface area contributed by atoms with Crippen LogP contribution in [0.2, 0.25) is 0 Å². The molecule has 0 saturated heterocycles. The number of benzene rings is 3. The highest BCUT2D eigenvalue weighted by Crippen LogP contribution is 2.22. The Balaban J connectivity index is 1.23. The number of amides is 1. The van der Waals surface area contributed by atoms with E-state index in [2.05, 4.69) is 15.4 Å². The first-order valence-corrected chi connectivity index (χ1v) is 9.82. The monoisotopic (exact) mass is 428 g/mol. The van der Waals surface area contributed by atoms with Gasteiger partial charge in [0.25, 0.3) is 5.91 Å². The van der Waals surface area contributed by atoms with Crippen molar-refractivity contribution in [3.63, 3.8) is 0 Å². The molecule has 7 nitrogen and oxygen atoms in total. The molecule has 2 heterocycles. The molecule has 0 aliphatic rings. The molecule has 8 heteroatoms. The molecule has 0 fully saturated rings. The summed E-state index contributed by atoms with van der Waals surface area (Å²) in [6, 6.07) is 21.3. The van der Waals surface area contributed by atoms with Crippen molar-refractivity contribution in [1.29, 1.82) is 0 Å². The van der Waals surface area contributed by atoms with Crippen LogP contribution in [0.1, 0.15) is 16.3 Å². The minimum Gasteiger partial charge on any atom is -0.486 e. The van der Waals surface area contributed by atoms with Crippen LogP contribution in [0.3, 0.4) is 0 Å². The van der Waals surface area contributed by atoms with Gasteiger partial charge in [0, 0.05) is 5.69 Å². The van der Waals surface area contributed by atoms with E-state index in [0.29, 0.717) is 17.2 Å². The second kappa shape index (κ2) is 8.35. The number of halogens is 1. The van der Waals surface area contributed by atoms with Crippen molar-refractivity contribution in [1.82, 2.24) is 14.8 Å². The van der Waals surface area contributed by atoms with Gasteiger partial charge in [-0.15, -0.1) is 0 Å². The number of ether oxygens (including phenoxy) is 1. The van der Waals surface area contributed by atoms with E-state index in [9.17, 15) is 9.18 Å². The molecule has 0 atom stereocenters. The molecule has 1 amide bonds. The zero-order valence-electron chi connectivity index (χ0n) is 16.7. The average molecular weight is 428 g/mol. The van der Waals surface area contributed by atoms with Crippen LogP contribution in [-0.2, 0) is 6.61 Å². The Labute approximate surface area is 182 Å². The van der Waals surface area contributed by atoms with E-state index >= 15 is 0 Å². The van der Waals surface area contributed by atoms with Gasteiger partial charge < -0.3 is 14.5 Å². The second-order valence-corrected chi connectivity index (χ2v) is 7.02. The number of hydrogen-bond donors (Lipinski definition) is 1. The van der Waals surface area contributed by atoms with Gasteiger partial charge in [-0.2, -0.15) is 5.10 Å². The van der Waals surface area contributed by atoms with Crippen LogP contribution in [0.25, 0.3) is 16.5 Å². The highest BCUT2D eigenvalue weighted by molar-refractivity contribution is 6.02. The van der Waals surface area contributed by atoms with Crippen LogP contribution in [-0.4, -0.2) is 20.7 Å². The van der Waals surface area contributed by atoms with Crippen molar-refractivity contribution < 1.29 is 18.3 Å². The zero-order chi connectivity index (χ0) is 21.9. The van der Waals surface area contributed by atoms with Crippen LogP contribution >= 0.6 is 0 Å². The van der Waals surface area contributed by atoms with Crippen molar-refractivity contribution in [3.8, 4) is 11.4 Å². The molecule has 1 N–H and O–H groups in total. The van der Waals surface area contributed by atoms with Gasteiger partial charge in [-0.05, 0) is 53.2 Å². The van der Waals surface area contributed by atoms with E-state index in [1.165, 1.54) is 29.5 Å². The van der Waals surface area contributed by atoms with E-state index < -0.39 is 11.7 Å². The number of furan rings is 1. The van der Waals surface area contributed by atoms with Gasteiger partial charge in [0.05, 0.1) is 0 Å². The Morgan fingerprint density at radius 1 is 1.03 bits per heavy atom. The lowest BCUT2D eigenvalue weighted by Gasteiger charge is -2.07. The number of carbonyl (C=O) groups excluding carboxylic acids is 1. The predicted octanol–water partition coefficient (Wildman–Crippen LogP) is 4.98. The lowest BCUT2D eigenvalue weighted by Crippen LogP contribution is -2.11. The standard InChI is InChI=1S/C24H17FN4O3/c25-21-12-18(6-9-22(21)29-15-26-14-27-29)28-24(30)23-10-8-20(32-23)13-31-19-7-5-16-3-1-2-4-17(16)11-19/h1-12,14-15H,13H2,(H,28,30). The summed E-state index contributed by atoms with van der Waals surface area (Å²) in [5.41, 5.74) is 0.522. The first-order chi connectivity index (χ1) is 15.7. The molecule has 0 aliphatic heterocycles. The Morgan fingerprint density at radius 2 is 1.91 bits per heavy atom. The highest BCUT2D eigenvalue weighted by Gasteiger charge is 2.14. The van der Waals surface area contributed by atoms with Gasteiger partial charge in [-0.3, -0.25) is 4.79 Å². The summed E-state index contributed by atoms with van der Waals surface area (Å²) >= 11 is 0. The first-order valence-electron chi connectivity index (χ1n) is 9.82. The van der Waals surface area contributed by atoms with Crippen molar-refractivity contribution in [2.45, 2.75) is 6.61 Å². The molecule has 158 valence electrons. The van der Waals surface area contributed by atoms with Gasteiger partial charge in [0.15, 0.2) is 11.6 Å². The van der Waals surface area contributed by atoms with Gasteiger partial charge >= 0.3 is 0 Å². The summed E-state index contributed by atoms with van der Waals surface area (Å²) in [6.45, 7) is 0.173. The Morgan fingerprint density at radius 3 is 2.72 bits per heavy atom. The number of aromatic nitrogens is 3. The van der Waals surface area contributed by atoms with Crippen LogP contribution < -0.4 is 10.1 Å². The number of nitrogens with zero attached hydrogens (tertiary/aromatic N) is 3. The number of carbonyl (C=O) groups is 1. The summed E-state index contributed by atoms with van der Waals surface area (Å²) in [4.78, 5) is 16.3. The molecule has 32 heavy (non-hydrogen) atoms. The van der Waals surface area contributed by atoms with Gasteiger partial charge in [0.1, 0.15) is 36.5 Å². The number of nitrogens with one attached hydrogen (secondary N) is 1. The molecule has 0 aliphatic carbocycles. The fourth-order valence-electron chi connectivity index (χ4n) is 3.28.